The van der Waals surface area contributed by atoms with Crippen LogP contribution < -0.4 is 4.90 Å². The number of carbonyl (C=O) groups excluding carboxylic acids is 1. The molecule has 30 heavy (non-hydrogen) atoms. The molecule has 154 valence electrons. The monoisotopic (exact) mass is 400 g/mol. The van der Waals surface area contributed by atoms with Crippen LogP contribution >= 0.6 is 0 Å². The predicted molar refractivity (Wildman–Crippen MR) is 119 cm³/mol. The molecule has 2 aromatic carbocycles. The number of hydrogen-bond acceptors (Lipinski definition) is 3. The second kappa shape index (κ2) is 7.63. The number of anilines is 1. The van der Waals surface area contributed by atoms with Crippen molar-refractivity contribution in [2.75, 3.05) is 18.0 Å². The molecule has 5 rings (SSSR count). The number of likely N-dealkylation sites (tertiary alicyclic amines) is 1. The summed E-state index contributed by atoms with van der Waals surface area (Å²) in [6.45, 7) is 7.69. The van der Waals surface area contributed by atoms with Crippen LogP contribution in [-0.2, 0) is 13.1 Å². The molecule has 1 aromatic heterocycles. The van der Waals surface area contributed by atoms with E-state index >= 15 is 0 Å². The van der Waals surface area contributed by atoms with E-state index in [4.69, 9.17) is 0 Å². The van der Waals surface area contributed by atoms with Crippen LogP contribution in [-0.4, -0.2) is 33.9 Å². The normalized spacial score (nSPS) is 18.5. The first-order chi connectivity index (χ1) is 14.6. The van der Waals surface area contributed by atoms with Crippen LogP contribution in [0.3, 0.4) is 0 Å². The fourth-order valence-corrected chi connectivity index (χ4v) is 4.78. The molecule has 0 saturated carbocycles. The van der Waals surface area contributed by atoms with Gasteiger partial charge >= 0.3 is 0 Å². The van der Waals surface area contributed by atoms with Crippen molar-refractivity contribution in [3.05, 3.63) is 82.4 Å². The van der Waals surface area contributed by atoms with E-state index in [1.165, 1.54) is 22.3 Å². The van der Waals surface area contributed by atoms with E-state index in [9.17, 15) is 4.79 Å². The molecule has 0 radical (unpaired) electrons. The standard InChI is InChI=1S/C25H28N4O/c1-17-11-21-15-29(16-22(21)12-18(17)2)23-7-3-5-19(13-23)25(30)28-10-4-6-20(14-28)24-26-8-9-27-24/h3,5,7-9,11-13,20H,4,6,10,14-16H2,1-2H3,(H,26,27). The van der Waals surface area contributed by atoms with Crippen molar-refractivity contribution in [3.63, 3.8) is 0 Å². The van der Waals surface area contributed by atoms with Crippen molar-refractivity contribution >= 4 is 11.6 Å². The summed E-state index contributed by atoms with van der Waals surface area (Å²) >= 11 is 0. The number of carbonyl (C=O) groups is 1. The molecule has 3 aromatic rings. The Kier molecular flexibility index (Phi) is 4.81. The van der Waals surface area contributed by atoms with Crippen molar-refractivity contribution in [3.8, 4) is 0 Å². The van der Waals surface area contributed by atoms with Gasteiger partial charge in [0.15, 0.2) is 0 Å². The van der Waals surface area contributed by atoms with Crippen molar-refractivity contribution in [2.45, 2.75) is 45.7 Å². The number of benzene rings is 2. The van der Waals surface area contributed by atoms with Crippen LogP contribution in [0.4, 0.5) is 5.69 Å². The molecule has 0 spiro atoms. The minimum Gasteiger partial charge on any atom is -0.363 e. The van der Waals surface area contributed by atoms with Crippen LogP contribution in [0.15, 0.2) is 48.8 Å². The molecule has 2 aliphatic heterocycles. The summed E-state index contributed by atoms with van der Waals surface area (Å²) in [5, 5.41) is 0. The SMILES string of the molecule is Cc1cc2c(cc1C)CN(c1cccc(C(=O)N3CCCC(c4ncc[nH]4)C3)c1)C2. The third-order valence-electron chi connectivity index (χ3n) is 6.61. The fourth-order valence-electron chi connectivity index (χ4n) is 4.78. The molecule has 1 amide bonds. The topological polar surface area (TPSA) is 52.2 Å². The molecule has 1 saturated heterocycles. The number of aromatic amines is 1. The maximum atomic E-state index is 13.3. The number of hydrogen-bond donors (Lipinski definition) is 1. The Morgan fingerprint density at radius 3 is 2.57 bits per heavy atom. The molecule has 5 nitrogen and oxygen atoms in total. The molecule has 1 atom stereocenters. The Bertz CT molecular complexity index is 1040. The van der Waals surface area contributed by atoms with Crippen LogP contribution in [0.1, 0.15) is 57.2 Å². The van der Waals surface area contributed by atoms with E-state index in [1.54, 1.807) is 6.20 Å². The van der Waals surface area contributed by atoms with Crippen LogP contribution in [0.5, 0.6) is 0 Å². The Hall–Kier alpha value is -3.08. The van der Waals surface area contributed by atoms with Crippen molar-refractivity contribution < 1.29 is 4.79 Å². The van der Waals surface area contributed by atoms with Gasteiger partial charge < -0.3 is 14.8 Å². The highest BCUT2D eigenvalue weighted by molar-refractivity contribution is 5.95. The number of nitrogens with zero attached hydrogens (tertiary/aromatic N) is 3. The Labute approximate surface area is 177 Å². The van der Waals surface area contributed by atoms with Gasteiger partial charge in [0.25, 0.3) is 5.91 Å². The molecule has 2 aliphatic rings. The van der Waals surface area contributed by atoms with Crippen LogP contribution in [0, 0.1) is 13.8 Å². The van der Waals surface area contributed by atoms with Gasteiger partial charge in [0, 0.05) is 55.7 Å². The summed E-state index contributed by atoms with van der Waals surface area (Å²) in [4.78, 5) is 25.2. The molecular formula is C25H28N4O. The summed E-state index contributed by atoms with van der Waals surface area (Å²) in [5.41, 5.74) is 7.37. The summed E-state index contributed by atoms with van der Waals surface area (Å²) in [7, 11) is 0. The van der Waals surface area contributed by atoms with Gasteiger partial charge in [-0.2, -0.15) is 0 Å². The zero-order valence-electron chi connectivity index (χ0n) is 17.7. The fraction of sp³-hybridized carbons (Fsp3) is 0.360. The molecule has 1 fully saturated rings. The third-order valence-corrected chi connectivity index (χ3v) is 6.61. The number of piperidine rings is 1. The van der Waals surface area contributed by atoms with Crippen molar-refractivity contribution in [1.82, 2.24) is 14.9 Å². The number of amides is 1. The summed E-state index contributed by atoms with van der Waals surface area (Å²) in [6, 6.07) is 12.7. The van der Waals surface area contributed by atoms with Crippen molar-refractivity contribution in [2.24, 2.45) is 0 Å². The largest absolute Gasteiger partial charge is 0.363 e. The predicted octanol–water partition coefficient (Wildman–Crippen LogP) is 4.57. The number of H-pyrrole nitrogens is 1. The lowest BCUT2D eigenvalue weighted by atomic mass is 9.96. The lowest BCUT2D eigenvalue weighted by Crippen LogP contribution is -2.39. The summed E-state index contributed by atoms with van der Waals surface area (Å²) in [6.07, 6.45) is 5.73. The average Bonchev–Trinajstić information content (AvgIpc) is 3.44. The molecule has 5 heteroatoms. The molecule has 1 N–H and O–H groups in total. The molecule has 0 aliphatic carbocycles. The first kappa shape index (κ1) is 18.9. The number of aryl methyl sites for hydroxylation is 2. The number of fused-ring (bicyclic) bond motifs is 1. The summed E-state index contributed by atoms with van der Waals surface area (Å²) < 4.78 is 0. The van der Waals surface area contributed by atoms with E-state index in [1.807, 2.05) is 23.2 Å². The average molecular weight is 401 g/mol. The highest BCUT2D eigenvalue weighted by Crippen LogP contribution is 2.31. The first-order valence-corrected chi connectivity index (χ1v) is 10.8. The van der Waals surface area contributed by atoms with Gasteiger partial charge in [-0.05, 0) is 67.1 Å². The van der Waals surface area contributed by atoms with Gasteiger partial charge in [0.1, 0.15) is 5.82 Å². The third kappa shape index (κ3) is 3.49. The van der Waals surface area contributed by atoms with E-state index < -0.39 is 0 Å². The van der Waals surface area contributed by atoms with Gasteiger partial charge in [-0.15, -0.1) is 0 Å². The van der Waals surface area contributed by atoms with E-state index in [-0.39, 0.29) is 5.91 Å². The first-order valence-electron chi connectivity index (χ1n) is 10.8. The lowest BCUT2D eigenvalue weighted by Gasteiger charge is -2.32. The van der Waals surface area contributed by atoms with E-state index in [0.717, 1.165) is 56.1 Å². The van der Waals surface area contributed by atoms with Gasteiger partial charge in [-0.1, -0.05) is 18.2 Å². The Morgan fingerprint density at radius 1 is 1.10 bits per heavy atom. The molecule has 3 heterocycles. The zero-order valence-corrected chi connectivity index (χ0v) is 17.7. The Balaban J connectivity index is 1.33. The highest BCUT2D eigenvalue weighted by atomic mass is 16.2. The quantitative estimate of drug-likeness (QED) is 0.701. The van der Waals surface area contributed by atoms with Crippen LogP contribution in [0.25, 0.3) is 0 Å². The van der Waals surface area contributed by atoms with Crippen LogP contribution in [0.2, 0.25) is 0 Å². The van der Waals surface area contributed by atoms with Gasteiger partial charge in [-0.25, -0.2) is 4.98 Å². The minimum absolute atomic E-state index is 0.122. The second-order valence-corrected chi connectivity index (χ2v) is 8.68. The number of imidazole rings is 1. The van der Waals surface area contributed by atoms with E-state index in [0.29, 0.717) is 5.92 Å². The lowest BCUT2D eigenvalue weighted by molar-refractivity contribution is 0.0705. The van der Waals surface area contributed by atoms with E-state index in [2.05, 4.69) is 53.0 Å². The number of nitrogens with one attached hydrogen (secondary N) is 1. The number of rotatable bonds is 3. The second-order valence-electron chi connectivity index (χ2n) is 8.68. The molecule has 1 unspecified atom stereocenters. The minimum atomic E-state index is 0.122. The van der Waals surface area contributed by atoms with Gasteiger partial charge in [0.05, 0.1) is 0 Å². The highest BCUT2D eigenvalue weighted by Gasteiger charge is 2.27. The van der Waals surface area contributed by atoms with Crippen molar-refractivity contribution in [1.29, 1.82) is 0 Å². The Morgan fingerprint density at radius 2 is 1.87 bits per heavy atom. The molecular weight excluding hydrogens is 372 g/mol. The summed E-state index contributed by atoms with van der Waals surface area (Å²) in [5.74, 6) is 1.40. The maximum Gasteiger partial charge on any atom is 0.253 e. The zero-order chi connectivity index (χ0) is 20.7. The molecule has 0 bridgehead atoms. The van der Waals surface area contributed by atoms with Gasteiger partial charge in [-0.3, -0.25) is 4.79 Å². The van der Waals surface area contributed by atoms with Gasteiger partial charge in [0.2, 0.25) is 0 Å². The number of aromatic nitrogens is 2. The smallest absolute Gasteiger partial charge is 0.253 e. The maximum absolute atomic E-state index is 13.3.